The summed E-state index contributed by atoms with van der Waals surface area (Å²) in [6.07, 6.45) is 0.445. The maximum atomic E-state index is 12.0. The van der Waals surface area contributed by atoms with Gasteiger partial charge < -0.3 is 15.4 Å². The van der Waals surface area contributed by atoms with Gasteiger partial charge in [0.05, 0.1) is 7.11 Å². The first-order valence-corrected chi connectivity index (χ1v) is 8.31. The van der Waals surface area contributed by atoms with Crippen LogP contribution in [0.15, 0.2) is 42.5 Å². The molecular weight excluding hydrogens is 340 g/mol. The maximum Gasteiger partial charge on any atom is 0.233 e. The Bertz CT molecular complexity index is 762. The van der Waals surface area contributed by atoms with Gasteiger partial charge in [-0.3, -0.25) is 9.59 Å². The number of hydrogen-bond donors (Lipinski definition) is 2. The second-order valence-corrected chi connectivity index (χ2v) is 6.07. The van der Waals surface area contributed by atoms with Gasteiger partial charge in [0.15, 0.2) is 0 Å². The topological polar surface area (TPSA) is 67.4 Å². The van der Waals surface area contributed by atoms with E-state index in [1.165, 1.54) is 0 Å². The second-order valence-electron chi connectivity index (χ2n) is 5.64. The lowest BCUT2D eigenvalue weighted by Gasteiger charge is -2.09. The number of ether oxygens (including phenoxy) is 1. The summed E-state index contributed by atoms with van der Waals surface area (Å²) in [6, 6.07) is 12.8. The average molecular weight is 361 g/mol. The van der Waals surface area contributed by atoms with Crippen LogP contribution < -0.4 is 15.4 Å². The Morgan fingerprint density at radius 1 is 1.12 bits per heavy atom. The SMILES string of the molecule is COc1cccc(CCNC(=O)CC(=O)Nc2ccc(Cl)cc2C)c1. The van der Waals surface area contributed by atoms with Gasteiger partial charge in [-0.15, -0.1) is 0 Å². The van der Waals surface area contributed by atoms with Crippen molar-refractivity contribution in [3.8, 4) is 5.75 Å². The van der Waals surface area contributed by atoms with Crippen LogP contribution in [0.2, 0.25) is 5.02 Å². The molecule has 25 heavy (non-hydrogen) atoms. The molecule has 0 aliphatic carbocycles. The van der Waals surface area contributed by atoms with Crippen molar-refractivity contribution in [1.82, 2.24) is 5.32 Å². The molecule has 0 saturated carbocycles. The fourth-order valence-electron chi connectivity index (χ4n) is 2.34. The number of hydrogen-bond acceptors (Lipinski definition) is 3. The molecule has 0 unspecified atom stereocenters. The molecule has 0 aliphatic heterocycles. The van der Waals surface area contributed by atoms with Crippen LogP contribution in [0.5, 0.6) is 5.75 Å². The highest BCUT2D eigenvalue weighted by Gasteiger charge is 2.10. The molecular formula is C19H21ClN2O3. The van der Waals surface area contributed by atoms with Gasteiger partial charge in [-0.05, 0) is 54.8 Å². The lowest BCUT2D eigenvalue weighted by Crippen LogP contribution is -2.29. The normalized spacial score (nSPS) is 10.2. The van der Waals surface area contributed by atoms with Crippen molar-refractivity contribution in [2.24, 2.45) is 0 Å². The molecule has 0 saturated heterocycles. The van der Waals surface area contributed by atoms with Gasteiger partial charge in [-0.1, -0.05) is 23.7 Å². The molecule has 2 aromatic carbocycles. The highest BCUT2D eigenvalue weighted by Crippen LogP contribution is 2.19. The van der Waals surface area contributed by atoms with Gasteiger partial charge >= 0.3 is 0 Å². The Labute approximate surface area is 152 Å². The number of carbonyl (C=O) groups is 2. The summed E-state index contributed by atoms with van der Waals surface area (Å²) in [5, 5.41) is 6.07. The van der Waals surface area contributed by atoms with E-state index in [1.54, 1.807) is 25.3 Å². The van der Waals surface area contributed by atoms with Crippen LogP contribution >= 0.6 is 11.6 Å². The Morgan fingerprint density at radius 2 is 1.92 bits per heavy atom. The first-order chi connectivity index (χ1) is 12.0. The number of anilines is 1. The van der Waals surface area contributed by atoms with E-state index in [0.29, 0.717) is 23.7 Å². The fraction of sp³-hybridized carbons (Fsp3) is 0.263. The van der Waals surface area contributed by atoms with Crippen molar-refractivity contribution in [1.29, 1.82) is 0 Å². The summed E-state index contributed by atoms with van der Waals surface area (Å²) in [5.41, 5.74) is 2.55. The number of rotatable bonds is 7. The highest BCUT2D eigenvalue weighted by molar-refractivity contribution is 6.30. The predicted octanol–water partition coefficient (Wildman–Crippen LogP) is 3.34. The van der Waals surface area contributed by atoms with Crippen LogP contribution in [0.4, 0.5) is 5.69 Å². The zero-order valence-corrected chi connectivity index (χ0v) is 15.0. The van der Waals surface area contributed by atoms with E-state index in [4.69, 9.17) is 16.3 Å². The molecule has 0 bridgehead atoms. The monoisotopic (exact) mass is 360 g/mol. The Hall–Kier alpha value is -2.53. The Balaban J connectivity index is 1.76. The molecule has 132 valence electrons. The summed E-state index contributed by atoms with van der Waals surface area (Å²) in [5.74, 6) is 0.109. The summed E-state index contributed by atoms with van der Waals surface area (Å²) < 4.78 is 5.16. The quantitative estimate of drug-likeness (QED) is 0.744. The molecule has 2 amide bonds. The minimum atomic E-state index is -0.357. The molecule has 6 heteroatoms. The number of benzene rings is 2. The van der Waals surface area contributed by atoms with E-state index in [2.05, 4.69) is 10.6 Å². The molecule has 2 rings (SSSR count). The third kappa shape index (κ3) is 6.12. The van der Waals surface area contributed by atoms with E-state index < -0.39 is 0 Å². The fourth-order valence-corrected chi connectivity index (χ4v) is 2.57. The number of nitrogens with one attached hydrogen (secondary N) is 2. The standard InChI is InChI=1S/C19H21ClN2O3/c1-13-10-15(20)6-7-17(13)22-19(24)12-18(23)21-9-8-14-4-3-5-16(11-14)25-2/h3-7,10-11H,8-9,12H2,1-2H3,(H,21,23)(H,22,24). The minimum Gasteiger partial charge on any atom is -0.497 e. The molecule has 0 atom stereocenters. The van der Waals surface area contributed by atoms with Gasteiger partial charge in [0.25, 0.3) is 0 Å². The van der Waals surface area contributed by atoms with Crippen molar-refractivity contribution in [2.75, 3.05) is 19.0 Å². The maximum absolute atomic E-state index is 12.0. The largest absolute Gasteiger partial charge is 0.497 e. The molecule has 5 nitrogen and oxygen atoms in total. The average Bonchev–Trinajstić information content (AvgIpc) is 2.57. The van der Waals surface area contributed by atoms with E-state index in [9.17, 15) is 9.59 Å². The van der Waals surface area contributed by atoms with Crippen LogP contribution in [-0.2, 0) is 16.0 Å². The smallest absolute Gasteiger partial charge is 0.233 e. The first-order valence-electron chi connectivity index (χ1n) is 7.93. The predicted molar refractivity (Wildman–Crippen MR) is 99.1 cm³/mol. The molecule has 2 aromatic rings. The molecule has 0 radical (unpaired) electrons. The Kier molecular flexibility index (Phi) is 6.83. The summed E-state index contributed by atoms with van der Waals surface area (Å²) in [7, 11) is 1.61. The second kappa shape index (κ2) is 9.08. The lowest BCUT2D eigenvalue weighted by molar-refractivity contribution is -0.126. The summed E-state index contributed by atoms with van der Waals surface area (Å²) in [6.45, 7) is 2.30. The first kappa shape index (κ1) is 18.8. The lowest BCUT2D eigenvalue weighted by atomic mass is 10.1. The van der Waals surface area contributed by atoms with Crippen LogP contribution in [0.1, 0.15) is 17.5 Å². The third-order valence-corrected chi connectivity index (χ3v) is 3.89. The van der Waals surface area contributed by atoms with Gasteiger partial charge in [0.2, 0.25) is 11.8 Å². The summed E-state index contributed by atoms with van der Waals surface area (Å²) >= 11 is 5.88. The van der Waals surface area contributed by atoms with E-state index in [0.717, 1.165) is 16.9 Å². The molecule has 0 aromatic heterocycles. The zero-order valence-electron chi connectivity index (χ0n) is 14.3. The van der Waals surface area contributed by atoms with Crippen molar-refractivity contribution >= 4 is 29.1 Å². The molecule has 2 N–H and O–H groups in total. The molecule has 0 aliphatic rings. The number of carbonyl (C=O) groups excluding carboxylic acids is 2. The number of aryl methyl sites for hydroxylation is 1. The van der Waals surface area contributed by atoms with Gasteiger partial charge in [-0.25, -0.2) is 0 Å². The number of halogens is 1. The van der Waals surface area contributed by atoms with Crippen LogP contribution in [-0.4, -0.2) is 25.5 Å². The van der Waals surface area contributed by atoms with Crippen molar-refractivity contribution in [2.45, 2.75) is 19.8 Å². The Morgan fingerprint density at radius 3 is 2.64 bits per heavy atom. The number of amides is 2. The summed E-state index contributed by atoms with van der Waals surface area (Å²) in [4.78, 5) is 23.8. The minimum absolute atomic E-state index is 0.222. The zero-order chi connectivity index (χ0) is 18.2. The third-order valence-electron chi connectivity index (χ3n) is 3.65. The van der Waals surface area contributed by atoms with Crippen LogP contribution in [0.3, 0.4) is 0 Å². The van der Waals surface area contributed by atoms with Crippen molar-refractivity contribution in [3.63, 3.8) is 0 Å². The number of methoxy groups -OCH3 is 1. The highest BCUT2D eigenvalue weighted by atomic mass is 35.5. The van der Waals surface area contributed by atoms with Gasteiger partial charge in [-0.2, -0.15) is 0 Å². The van der Waals surface area contributed by atoms with E-state index >= 15 is 0 Å². The van der Waals surface area contributed by atoms with Crippen molar-refractivity contribution < 1.29 is 14.3 Å². The van der Waals surface area contributed by atoms with Gasteiger partial charge in [0, 0.05) is 17.3 Å². The van der Waals surface area contributed by atoms with Crippen LogP contribution in [0.25, 0.3) is 0 Å². The van der Waals surface area contributed by atoms with Crippen molar-refractivity contribution in [3.05, 3.63) is 58.6 Å². The van der Waals surface area contributed by atoms with Gasteiger partial charge in [0.1, 0.15) is 12.2 Å². The van der Waals surface area contributed by atoms with E-state index in [1.807, 2.05) is 31.2 Å². The van der Waals surface area contributed by atoms with E-state index in [-0.39, 0.29) is 18.2 Å². The molecule has 0 heterocycles. The molecule has 0 fully saturated rings. The molecule has 0 spiro atoms. The van der Waals surface area contributed by atoms with Crippen LogP contribution in [0, 0.1) is 6.92 Å².